The standard InChI is InChI=1S/C33H65NO3/c1-3-4-5-6-7-8-9-10-11-12-13-14-15-16-17-18-19-20-21-22-23-24-25-26-27-28-29-33(37)32(30-35)34-31(2)36/h28-29,32-33,35,37H,3-27,30H2,1-2H3,(H,34,36)/b29-28+. The maximum atomic E-state index is 11.1. The first-order valence-corrected chi connectivity index (χ1v) is 16.3. The number of amides is 1. The van der Waals surface area contributed by atoms with Gasteiger partial charge in [0.05, 0.1) is 18.8 Å². The second-order valence-electron chi connectivity index (χ2n) is 11.3. The molecule has 37 heavy (non-hydrogen) atoms. The van der Waals surface area contributed by atoms with Crippen LogP contribution in [0.4, 0.5) is 0 Å². The zero-order valence-electron chi connectivity index (χ0n) is 25.0. The highest BCUT2D eigenvalue weighted by molar-refractivity contribution is 5.73. The number of nitrogens with one attached hydrogen (secondary N) is 1. The Hall–Kier alpha value is -0.870. The second-order valence-corrected chi connectivity index (χ2v) is 11.3. The number of carbonyl (C=O) groups is 1. The van der Waals surface area contributed by atoms with Crippen LogP contribution in [0.3, 0.4) is 0 Å². The summed E-state index contributed by atoms with van der Waals surface area (Å²) in [5, 5.41) is 21.8. The Morgan fingerprint density at radius 3 is 1.24 bits per heavy atom. The molecule has 0 saturated heterocycles. The fraction of sp³-hybridized carbons (Fsp3) is 0.909. The maximum absolute atomic E-state index is 11.1. The number of aliphatic hydroxyl groups is 2. The van der Waals surface area contributed by atoms with E-state index in [1.165, 1.54) is 155 Å². The molecular formula is C33H65NO3. The van der Waals surface area contributed by atoms with Gasteiger partial charge in [0.25, 0.3) is 0 Å². The minimum atomic E-state index is -0.830. The summed E-state index contributed by atoms with van der Waals surface area (Å²) in [4.78, 5) is 11.1. The SMILES string of the molecule is CCCCCCCCCCCCCCCCCCCCCCCCCC/C=C/C(O)C(CO)NC(C)=O. The Morgan fingerprint density at radius 2 is 0.946 bits per heavy atom. The monoisotopic (exact) mass is 523 g/mol. The van der Waals surface area contributed by atoms with Crippen molar-refractivity contribution in [2.75, 3.05) is 6.61 Å². The molecule has 4 heteroatoms. The number of hydrogen-bond donors (Lipinski definition) is 3. The molecule has 0 bridgehead atoms. The van der Waals surface area contributed by atoms with Gasteiger partial charge in [-0.3, -0.25) is 4.79 Å². The first kappa shape index (κ1) is 36.1. The summed E-state index contributed by atoms with van der Waals surface area (Å²) in [6.07, 6.45) is 37.4. The van der Waals surface area contributed by atoms with E-state index in [2.05, 4.69) is 12.2 Å². The molecule has 1 amide bonds. The smallest absolute Gasteiger partial charge is 0.217 e. The molecule has 0 heterocycles. The fourth-order valence-corrected chi connectivity index (χ4v) is 5.09. The van der Waals surface area contributed by atoms with E-state index in [4.69, 9.17) is 0 Å². The Labute approximate surface area is 231 Å². The Balaban J connectivity index is 3.23. The molecule has 0 aliphatic rings. The molecule has 2 unspecified atom stereocenters. The third-order valence-electron chi connectivity index (χ3n) is 7.56. The number of carbonyl (C=O) groups excluding carboxylic acids is 1. The van der Waals surface area contributed by atoms with Crippen LogP contribution in [0, 0.1) is 0 Å². The highest BCUT2D eigenvalue weighted by atomic mass is 16.3. The first-order valence-electron chi connectivity index (χ1n) is 16.3. The summed E-state index contributed by atoms with van der Waals surface area (Å²) in [5.74, 6) is -0.239. The third kappa shape index (κ3) is 28.0. The Bertz CT molecular complexity index is 494. The van der Waals surface area contributed by atoms with E-state index in [-0.39, 0.29) is 12.5 Å². The van der Waals surface area contributed by atoms with Crippen molar-refractivity contribution in [3.63, 3.8) is 0 Å². The predicted octanol–water partition coefficient (Wildman–Crippen LogP) is 9.17. The number of hydrogen-bond acceptors (Lipinski definition) is 3. The lowest BCUT2D eigenvalue weighted by Crippen LogP contribution is -2.44. The van der Waals surface area contributed by atoms with Crippen LogP contribution in [0.5, 0.6) is 0 Å². The largest absolute Gasteiger partial charge is 0.394 e. The first-order chi connectivity index (χ1) is 18.1. The van der Waals surface area contributed by atoms with Crippen molar-refractivity contribution in [2.45, 2.75) is 187 Å². The average molecular weight is 524 g/mol. The zero-order chi connectivity index (χ0) is 27.2. The molecule has 0 aliphatic heterocycles. The van der Waals surface area contributed by atoms with Gasteiger partial charge in [-0.25, -0.2) is 0 Å². The number of rotatable bonds is 29. The zero-order valence-corrected chi connectivity index (χ0v) is 25.0. The van der Waals surface area contributed by atoms with Gasteiger partial charge in [-0.15, -0.1) is 0 Å². The summed E-state index contributed by atoms with van der Waals surface area (Å²) in [6.45, 7) is 3.42. The van der Waals surface area contributed by atoms with Gasteiger partial charge in [-0.05, 0) is 12.8 Å². The Kier molecular flexibility index (Phi) is 29.0. The lowest BCUT2D eigenvalue weighted by molar-refractivity contribution is -0.120. The maximum Gasteiger partial charge on any atom is 0.217 e. The molecule has 0 spiro atoms. The molecule has 2 atom stereocenters. The summed E-state index contributed by atoms with van der Waals surface area (Å²) in [6, 6.07) is -0.618. The molecular weight excluding hydrogens is 458 g/mol. The molecule has 0 radical (unpaired) electrons. The van der Waals surface area contributed by atoms with Crippen molar-refractivity contribution < 1.29 is 15.0 Å². The van der Waals surface area contributed by atoms with E-state index >= 15 is 0 Å². The summed E-state index contributed by atoms with van der Waals surface area (Å²) in [5.41, 5.74) is 0. The van der Waals surface area contributed by atoms with Gasteiger partial charge in [0.2, 0.25) is 5.91 Å². The number of aliphatic hydroxyl groups excluding tert-OH is 2. The summed E-state index contributed by atoms with van der Waals surface area (Å²) >= 11 is 0. The van der Waals surface area contributed by atoms with Crippen LogP contribution in [0.15, 0.2) is 12.2 Å². The van der Waals surface area contributed by atoms with E-state index in [0.717, 1.165) is 12.8 Å². The fourth-order valence-electron chi connectivity index (χ4n) is 5.09. The topological polar surface area (TPSA) is 69.6 Å². The highest BCUT2D eigenvalue weighted by Crippen LogP contribution is 2.16. The van der Waals surface area contributed by atoms with Crippen LogP contribution in [-0.2, 0) is 4.79 Å². The summed E-state index contributed by atoms with van der Waals surface area (Å²) in [7, 11) is 0. The lowest BCUT2D eigenvalue weighted by atomic mass is 10.0. The molecule has 0 saturated carbocycles. The van der Waals surface area contributed by atoms with Gasteiger partial charge in [0, 0.05) is 6.92 Å². The molecule has 0 aromatic rings. The van der Waals surface area contributed by atoms with Crippen LogP contribution in [-0.4, -0.2) is 34.9 Å². The van der Waals surface area contributed by atoms with Crippen LogP contribution < -0.4 is 5.32 Å². The van der Waals surface area contributed by atoms with E-state index in [9.17, 15) is 15.0 Å². The predicted molar refractivity (Wildman–Crippen MR) is 161 cm³/mol. The van der Waals surface area contributed by atoms with Gasteiger partial charge >= 0.3 is 0 Å². The van der Waals surface area contributed by atoms with E-state index < -0.39 is 12.1 Å². The molecule has 4 nitrogen and oxygen atoms in total. The van der Waals surface area contributed by atoms with Crippen molar-refractivity contribution >= 4 is 5.91 Å². The molecule has 0 rings (SSSR count). The molecule has 3 N–H and O–H groups in total. The van der Waals surface area contributed by atoms with Crippen molar-refractivity contribution in [2.24, 2.45) is 0 Å². The van der Waals surface area contributed by atoms with Gasteiger partial charge in [0.15, 0.2) is 0 Å². The van der Waals surface area contributed by atoms with Crippen LogP contribution in [0.25, 0.3) is 0 Å². The van der Waals surface area contributed by atoms with Crippen LogP contribution in [0.2, 0.25) is 0 Å². The molecule has 220 valence electrons. The number of unbranched alkanes of at least 4 members (excludes halogenated alkanes) is 24. The lowest BCUT2D eigenvalue weighted by Gasteiger charge is -2.18. The average Bonchev–Trinajstić information content (AvgIpc) is 2.89. The molecule has 0 aromatic carbocycles. The van der Waals surface area contributed by atoms with Gasteiger partial charge < -0.3 is 15.5 Å². The van der Waals surface area contributed by atoms with E-state index in [1.54, 1.807) is 6.08 Å². The normalized spacial score (nSPS) is 13.3. The van der Waals surface area contributed by atoms with Crippen molar-refractivity contribution in [3.8, 4) is 0 Å². The summed E-state index contributed by atoms with van der Waals surface area (Å²) < 4.78 is 0. The quantitative estimate of drug-likeness (QED) is 0.0676. The van der Waals surface area contributed by atoms with E-state index in [0.29, 0.717) is 0 Å². The van der Waals surface area contributed by atoms with E-state index in [1.807, 2.05) is 6.08 Å². The Morgan fingerprint density at radius 1 is 0.622 bits per heavy atom. The second kappa shape index (κ2) is 29.7. The minimum absolute atomic E-state index is 0.239. The van der Waals surface area contributed by atoms with Crippen molar-refractivity contribution in [1.82, 2.24) is 5.32 Å². The van der Waals surface area contributed by atoms with Gasteiger partial charge in [-0.2, -0.15) is 0 Å². The van der Waals surface area contributed by atoms with Crippen LogP contribution in [0.1, 0.15) is 174 Å². The van der Waals surface area contributed by atoms with Crippen molar-refractivity contribution in [1.29, 1.82) is 0 Å². The number of allylic oxidation sites excluding steroid dienone is 1. The third-order valence-corrected chi connectivity index (χ3v) is 7.56. The highest BCUT2D eigenvalue weighted by Gasteiger charge is 2.16. The van der Waals surface area contributed by atoms with Crippen molar-refractivity contribution in [3.05, 3.63) is 12.2 Å². The minimum Gasteiger partial charge on any atom is -0.394 e. The molecule has 0 aliphatic carbocycles. The van der Waals surface area contributed by atoms with Gasteiger partial charge in [0.1, 0.15) is 0 Å². The van der Waals surface area contributed by atoms with Gasteiger partial charge in [-0.1, -0.05) is 167 Å². The molecule has 0 fully saturated rings. The van der Waals surface area contributed by atoms with Crippen LogP contribution >= 0.6 is 0 Å². The molecule has 0 aromatic heterocycles.